The van der Waals surface area contributed by atoms with Gasteiger partial charge in [-0.2, -0.15) is 0 Å². The van der Waals surface area contributed by atoms with Crippen LogP contribution in [0.15, 0.2) is 85.5 Å². The van der Waals surface area contributed by atoms with E-state index >= 15 is 0 Å². The first kappa shape index (κ1) is 19.4. The number of hydrogen-bond donors (Lipinski definition) is 0. The zero-order valence-electron chi connectivity index (χ0n) is 17.7. The molecule has 0 N–H and O–H groups in total. The first-order valence-electron chi connectivity index (χ1n) is 10.4. The van der Waals surface area contributed by atoms with Crippen molar-refractivity contribution in [2.24, 2.45) is 14.1 Å². The molecule has 0 aliphatic heterocycles. The van der Waals surface area contributed by atoms with Crippen LogP contribution < -0.4 is 9.13 Å². The Bertz CT molecular complexity index is 1310. The molecule has 31 heavy (non-hydrogen) atoms. The summed E-state index contributed by atoms with van der Waals surface area (Å²) in [5, 5.41) is 2.65. The Hall–Kier alpha value is -3.56. The molecule has 2 aromatic carbocycles. The largest absolute Gasteiger partial charge is 0.208 e. The SMILES string of the molecule is C[n+]1ccc(/C=C/c2ccc3sc4ccc(/C=C/c5cc[n+](C)cc5)cc4c3c2)cc1. The molecule has 0 aliphatic rings. The monoisotopic (exact) mass is 420 g/mol. The number of thiophene rings is 1. The molecule has 0 saturated heterocycles. The molecule has 2 nitrogen and oxygen atoms in total. The average molecular weight is 421 g/mol. The van der Waals surface area contributed by atoms with Crippen LogP contribution in [0, 0.1) is 0 Å². The summed E-state index contributed by atoms with van der Waals surface area (Å²) in [4.78, 5) is 0. The van der Waals surface area contributed by atoms with Gasteiger partial charge in [0.1, 0.15) is 14.1 Å². The van der Waals surface area contributed by atoms with Crippen LogP contribution in [0.5, 0.6) is 0 Å². The normalized spacial score (nSPS) is 11.9. The lowest BCUT2D eigenvalue weighted by atomic mass is 10.1. The van der Waals surface area contributed by atoms with Gasteiger partial charge in [-0.25, -0.2) is 9.13 Å². The summed E-state index contributed by atoms with van der Waals surface area (Å²) in [6.45, 7) is 0. The van der Waals surface area contributed by atoms with Gasteiger partial charge in [0.05, 0.1) is 0 Å². The Morgan fingerprint density at radius 3 is 1.32 bits per heavy atom. The fourth-order valence-electron chi connectivity index (χ4n) is 3.65. The predicted molar refractivity (Wildman–Crippen MR) is 132 cm³/mol. The van der Waals surface area contributed by atoms with E-state index in [1.807, 2.05) is 34.6 Å². The van der Waals surface area contributed by atoms with E-state index in [2.05, 4.69) is 110 Å². The number of nitrogens with zero attached hydrogens (tertiary/aromatic N) is 2. The summed E-state index contributed by atoms with van der Waals surface area (Å²) in [7, 11) is 4.07. The summed E-state index contributed by atoms with van der Waals surface area (Å²) in [6.07, 6.45) is 17.0. The molecule has 3 heterocycles. The smallest absolute Gasteiger partial charge is 0.169 e. The Kier molecular flexibility index (Phi) is 5.19. The second-order valence-corrected chi connectivity index (χ2v) is 8.96. The van der Waals surface area contributed by atoms with Gasteiger partial charge >= 0.3 is 0 Å². The van der Waals surface area contributed by atoms with Crippen LogP contribution in [0.1, 0.15) is 22.3 Å². The summed E-state index contributed by atoms with van der Waals surface area (Å²) >= 11 is 1.86. The molecule has 0 radical (unpaired) electrons. The lowest BCUT2D eigenvalue weighted by Gasteiger charge is -1.98. The van der Waals surface area contributed by atoms with E-state index in [4.69, 9.17) is 0 Å². The second kappa shape index (κ2) is 8.29. The van der Waals surface area contributed by atoms with E-state index < -0.39 is 0 Å². The van der Waals surface area contributed by atoms with E-state index in [0.29, 0.717) is 0 Å². The van der Waals surface area contributed by atoms with E-state index in [0.717, 1.165) is 0 Å². The van der Waals surface area contributed by atoms with Gasteiger partial charge in [0.2, 0.25) is 0 Å². The first-order valence-corrected chi connectivity index (χ1v) is 11.2. The zero-order valence-corrected chi connectivity index (χ0v) is 18.5. The molecule has 150 valence electrons. The van der Waals surface area contributed by atoms with E-state index in [-0.39, 0.29) is 0 Å². The highest BCUT2D eigenvalue weighted by Gasteiger charge is 2.06. The molecule has 0 aliphatic carbocycles. The van der Waals surface area contributed by atoms with E-state index in [9.17, 15) is 0 Å². The fourth-order valence-corrected chi connectivity index (χ4v) is 4.72. The van der Waals surface area contributed by atoms with Crippen molar-refractivity contribution in [1.82, 2.24) is 0 Å². The quantitative estimate of drug-likeness (QED) is 0.313. The third-order valence-electron chi connectivity index (χ3n) is 5.46. The highest BCUT2D eigenvalue weighted by atomic mass is 32.1. The molecule has 3 aromatic heterocycles. The average Bonchev–Trinajstić information content (AvgIpc) is 3.15. The van der Waals surface area contributed by atoms with Crippen LogP contribution in [-0.4, -0.2) is 0 Å². The highest BCUT2D eigenvalue weighted by molar-refractivity contribution is 7.25. The summed E-state index contributed by atoms with van der Waals surface area (Å²) in [5.41, 5.74) is 4.85. The Labute approximate surface area is 186 Å². The minimum atomic E-state index is 1.20. The lowest BCUT2D eigenvalue weighted by Crippen LogP contribution is -2.25. The van der Waals surface area contributed by atoms with Gasteiger partial charge < -0.3 is 0 Å². The predicted octanol–water partition coefficient (Wildman–Crippen LogP) is 6.04. The van der Waals surface area contributed by atoms with E-state index in [1.54, 1.807) is 0 Å². The van der Waals surface area contributed by atoms with Crippen molar-refractivity contribution < 1.29 is 9.13 Å². The van der Waals surface area contributed by atoms with Crippen LogP contribution in [0.3, 0.4) is 0 Å². The molecule has 0 saturated carbocycles. The molecule has 0 bridgehead atoms. The second-order valence-electron chi connectivity index (χ2n) is 7.87. The van der Waals surface area contributed by atoms with Crippen molar-refractivity contribution in [2.75, 3.05) is 0 Å². The molecular weight excluding hydrogens is 396 g/mol. The van der Waals surface area contributed by atoms with Crippen molar-refractivity contribution >= 4 is 55.8 Å². The number of fused-ring (bicyclic) bond motifs is 3. The first-order chi connectivity index (χ1) is 15.1. The minimum absolute atomic E-state index is 1.20. The van der Waals surface area contributed by atoms with Gasteiger partial charge in [0.15, 0.2) is 24.8 Å². The number of aryl methyl sites for hydroxylation is 2. The zero-order chi connectivity index (χ0) is 21.2. The summed E-state index contributed by atoms with van der Waals surface area (Å²) < 4.78 is 6.75. The maximum atomic E-state index is 2.30. The third-order valence-corrected chi connectivity index (χ3v) is 6.61. The Balaban J connectivity index is 1.48. The van der Waals surface area contributed by atoms with Crippen molar-refractivity contribution in [3.63, 3.8) is 0 Å². The number of hydrogen-bond acceptors (Lipinski definition) is 1. The molecule has 0 unspecified atom stereocenters. The van der Waals surface area contributed by atoms with Crippen LogP contribution >= 0.6 is 11.3 Å². The lowest BCUT2D eigenvalue weighted by molar-refractivity contribution is -0.671. The summed E-state index contributed by atoms with van der Waals surface area (Å²) in [6, 6.07) is 22.0. The van der Waals surface area contributed by atoms with Crippen LogP contribution in [-0.2, 0) is 14.1 Å². The molecule has 5 rings (SSSR count). The van der Waals surface area contributed by atoms with Gasteiger partial charge in [-0.3, -0.25) is 0 Å². The van der Waals surface area contributed by atoms with Crippen molar-refractivity contribution in [2.45, 2.75) is 0 Å². The molecular formula is C28H24N2S+2. The summed E-state index contributed by atoms with van der Waals surface area (Å²) in [5.74, 6) is 0. The van der Waals surface area contributed by atoms with Crippen molar-refractivity contribution in [3.05, 3.63) is 108 Å². The van der Waals surface area contributed by atoms with Gasteiger partial charge in [-0.15, -0.1) is 11.3 Å². The van der Waals surface area contributed by atoms with Gasteiger partial charge in [-0.1, -0.05) is 36.4 Å². The number of pyridine rings is 2. The van der Waals surface area contributed by atoms with Crippen LogP contribution in [0.2, 0.25) is 0 Å². The molecule has 0 spiro atoms. The number of benzene rings is 2. The number of aromatic nitrogens is 2. The Morgan fingerprint density at radius 2 is 0.903 bits per heavy atom. The molecule has 3 heteroatoms. The van der Waals surface area contributed by atoms with Gasteiger partial charge in [0.25, 0.3) is 0 Å². The maximum absolute atomic E-state index is 2.30. The molecule has 5 aromatic rings. The van der Waals surface area contributed by atoms with E-state index in [1.165, 1.54) is 42.4 Å². The fraction of sp³-hybridized carbons (Fsp3) is 0.0714. The van der Waals surface area contributed by atoms with Crippen LogP contribution in [0.25, 0.3) is 44.5 Å². The third kappa shape index (κ3) is 4.32. The minimum Gasteiger partial charge on any atom is -0.208 e. The van der Waals surface area contributed by atoms with Crippen LogP contribution in [0.4, 0.5) is 0 Å². The van der Waals surface area contributed by atoms with Crippen molar-refractivity contribution in [3.8, 4) is 0 Å². The Morgan fingerprint density at radius 1 is 0.516 bits per heavy atom. The number of rotatable bonds is 4. The molecule has 0 fully saturated rings. The standard InChI is InChI=1S/C28H24N2S/c1-29-15-11-21(12-16-29)3-5-23-7-9-27-25(19-23)26-20-24(8-10-28(26)31-27)6-4-22-13-17-30(2)18-14-22/h3-20H,1-2H3/q+2/b5-3+,6-4+. The topological polar surface area (TPSA) is 7.76 Å². The van der Waals surface area contributed by atoms with Gasteiger partial charge in [-0.05, 0) is 46.5 Å². The van der Waals surface area contributed by atoms with Gasteiger partial charge in [0, 0.05) is 44.4 Å². The van der Waals surface area contributed by atoms with Crippen molar-refractivity contribution in [1.29, 1.82) is 0 Å². The molecule has 0 atom stereocenters. The maximum Gasteiger partial charge on any atom is 0.169 e. The highest BCUT2D eigenvalue weighted by Crippen LogP contribution is 2.35. The molecule has 0 amide bonds.